The van der Waals surface area contributed by atoms with Gasteiger partial charge in [0.1, 0.15) is 0 Å². The van der Waals surface area contributed by atoms with Gasteiger partial charge in [-0.2, -0.15) is 4.31 Å². The van der Waals surface area contributed by atoms with Crippen LogP contribution < -0.4 is 4.90 Å². The number of para-hydroxylation sites is 1. The molecule has 0 unspecified atom stereocenters. The molecular weight excluding hydrogens is 396 g/mol. The lowest BCUT2D eigenvalue weighted by molar-refractivity contribution is -0.119. The lowest BCUT2D eigenvalue weighted by Gasteiger charge is -2.34. The van der Waals surface area contributed by atoms with Gasteiger partial charge in [-0.05, 0) is 56.9 Å². The minimum absolute atomic E-state index is 0.142. The lowest BCUT2D eigenvalue weighted by Crippen LogP contribution is -2.47. The zero-order valence-electron chi connectivity index (χ0n) is 18.4. The molecule has 0 spiro atoms. The van der Waals surface area contributed by atoms with Gasteiger partial charge in [0, 0.05) is 18.8 Å². The lowest BCUT2D eigenvalue weighted by atomic mass is 9.95. The molecule has 30 heavy (non-hydrogen) atoms. The fraction of sp³-hybridized carbons (Fsp3) is 0.458. The van der Waals surface area contributed by atoms with Crippen LogP contribution in [0.15, 0.2) is 47.4 Å². The number of likely N-dealkylation sites (N-methyl/N-ethyl adjacent to an activating group) is 1. The summed E-state index contributed by atoms with van der Waals surface area (Å²) in [5, 5.41) is 0. The monoisotopic (exact) mass is 428 g/mol. The standard InChI is InChI=1S/C24H32N2O3S/c1-18-15-19(2)24(20(3)16-18)30(28,29)26(22-13-9-6-10-14-22)17-23(27)25(4)21-11-7-5-8-12-21/h5,7-8,11-12,15-16,22H,6,9-10,13-14,17H2,1-4H3. The quantitative estimate of drug-likeness (QED) is 0.676. The summed E-state index contributed by atoms with van der Waals surface area (Å²) in [4.78, 5) is 15.0. The van der Waals surface area contributed by atoms with Crippen molar-refractivity contribution in [2.24, 2.45) is 0 Å². The van der Waals surface area contributed by atoms with E-state index in [-0.39, 0.29) is 18.5 Å². The van der Waals surface area contributed by atoms with E-state index < -0.39 is 10.0 Å². The molecule has 0 radical (unpaired) electrons. The SMILES string of the molecule is Cc1cc(C)c(S(=O)(=O)N(CC(=O)N(C)c2ccccc2)C2CCCCC2)c(C)c1. The highest BCUT2D eigenvalue weighted by molar-refractivity contribution is 7.89. The Hall–Kier alpha value is -2.18. The van der Waals surface area contributed by atoms with E-state index in [0.29, 0.717) is 4.90 Å². The minimum atomic E-state index is -3.80. The number of amides is 1. The van der Waals surface area contributed by atoms with Crippen LogP contribution in [0.25, 0.3) is 0 Å². The Morgan fingerprint density at radius 3 is 2.10 bits per heavy atom. The molecular formula is C24H32N2O3S. The molecule has 1 saturated carbocycles. The molecule has 0 saturated heterocycles. The third-order valence-electron chi connectivity index (χ3n) is 5.96. The molecule has 2 aromatic carbocycles. The zero-order chi connectivity index (χ0) is 21.9. The first-order valence-electron chi connectivity index (χ1n) is 10.6. The van der Waals surface area contributed by atoms with Gasteiger partial charge in [0.25, 0.3) is 0 Å². The second-order valence-electron chi connectivity index (χ2n) is 8.36. The number of aryl methyl sites for hydroxylation is 3. The normalized spacial score (nSPS) is 15.4. The first kappa shape index (κ1) is 22.5. The molecule has 2 aromatic rings. The number of hydrogen-bond donors (Lipinski definition) is 0. The summed E-state index contributed by atoms with van der Waals surface area (Å²) in [5.41, 5.74) is 3.26. The highest BCUT2D eigenvalue weighted by Gasteiger charge is 2.36. The van der Waals surface area contributed by atoms with Crippen LogP contribution >= 0.6 is 0 Å². The molecule has 6 heteroatoms. The van der Waals surface area contributed by atoms with Gasteiger partial charge in [-0.1, -0.05) is 55.2 Å². The smallest absolute Gasteiger partial charge is 0.244 e. The highest BCUT2D eigenvalue weighted by atomic mass is 32.2. The molecule has 0 bridgehead atoms. The molecule has 5 nitrogen and oxygen atoms in total. The van der Waals surface area contributed by atoms with Crippen LogP contribution in [0.2, 0.25) is 0 Å². The minimum Gasteiger partial charge on any atom is -0.314 e. The van der Waals surface area contributed by atoms with Crippen molar-refractivity contribution in [3.8, 4) is 0 Å². The first-order valence-corrected chi connectivity index (χ1v) is 12.1. The van der Waals surface area contributed by atoms with Crippen molar-refractivity contribution < 1.29 is 13.2 Å². The number of carbonyl (C=O) groups is 1. The van der Waals surface area contributed by atoms with Gasteiger partial charge in [0.05, 0.1) is 11.4 Å². The van der Waals surface area contributed by atoms with Gasteiger partial charge in [-0.3, -0.25) is 4.79 Å². The fourth-order valence-corrected chi connectivity index (χ4v) is 6.56. The Bertz CT molecular complexity index is 973. The van der Waals surface area contributed by atoms with Gasteiger partial charge >= 0.3 is 0 Å². The second-order valence-corrected chi connectivity index (χ2v) is 10.2. The number of carbonyl (C=O) groups excluding carboxylic acids is 1. The van der Waals surface area contributed by atoms with E-state index in [1.54, 1.807) is 11.9 Å². The fourth-order valence-electron chi connectivity index (χ4n) is 4.51. The van der Waals surface area contributed by atoms with Crippen molar-refractivity contribution in [3.05, 3.63) is 59.2 Å². The Morgan fingerprint density at radius 2 is 1.53 bits per heavy atom. The average Bonchev–Trinajstić information content (AvgIpc) is 2.71. The van der Waals surface area contributed by atoms with Gasteiger partial charge in [-0.25, -0.2) is 8.42 Å². The molecule has 0 atom stereocenters. The molecule has 1 fully saturated rings. The number of benzene rings is 2. The second kappa shape index (κ2) is 9.31. The molecule has 3 rings (SSSR count). The average molecular weight is 429 g/mol. The topological polar surface area (TPSA) is 57.7 Å². The van der Waals surface area contributed by atoms with Crippen molar-refractivity contribution in [3.63, 3.8) is 0 Å². The van der Waals surface area contributed by atoms with Gasteiger partial charge in [0.2, 0.25) is 15.9 Å². The van der Waals surface area contributed by atoms with Crippen LogP contribution in [0.3, 0.4) is 0 Å². The molecule has 1 aliphatic rings. The predicted octanol–water partition coefficient (Wildman–Crippen LogP) is 4.60. The van der Waals surface area contributed by atoms with Gasteiger partial charge in [-0.15, -0.1) is 0 Å². The van der Waals surface area contributed by atoms with Crippen molar-refractivity contribution in [2.75, 3.05) is 18.5 Å². The molecule has 0 heterocycles. The van der Waals surface area contributed by atoms with Gasteiger partial charge < -0.3 is 4.90 Å². The third kappa shape index (κ3) is 4.76. The highest BCUT2D eigenvalue weighted by Crippen LogP contribution is 2.31. The van der Waals surface area contributed by atoms with E-state index in [2.05, 4.69) is 0 Å². The van der Waals surface area contributed by atoms with Crippen molar-refractivity contribution in [1.82, 2.24) is 4.31 Å². The summed E-state index contributed by atoms with van der Waals surface area (Å²) in [7, 11) is -2.10. The van der Waals surface area contributed by atoms with E-state index in [0.717, 1.165) is 54.5 Å². The van der Waals surface area contributed by atoms with Crippen LogP contribution in [0.1, 0.15) is 48.8 Å². The Labute approximate surface area is 180 Å². The molecule has 1 amide bonds. The first-order chi connectivity index (χ1) is 14.2. The molecule has 0 N–H and O–H groups in total. The maximum atomic E-state index is 13.8. The Balaban J connectivity index is 1.98. The van der Waals surface area contributed by atoms with Crippen molar-refractivity contribution in [2.45, 2.75) is 63.8 Å². The third-order valence-corrected chi connectivity index (χ3v) is 8.17. The van der Waals surface area contributed by atoms with Crippen molar-refractivity contribution >= 4 is 21.6 Å². The summed E-state index contributed by atoms with van der Waals surface area (Å²) in [5.74, 6) is -0.224. The maximum Gasteiger partial charge on any atom is 0.244 e. The van der Waals surface area contributed by atoms with Crippen LogP contribution in [0, 0.1) is 20.8 Å². The zero-order valence-corrected chi connectivity index (χ0v) is 19.2. The van der Waals surface area contributed by atoms with E-state index in [1.165, 1.54) is 4.31 Å². The predicted molar refractivity (Wildman–Crippen MR) is 121 cm³/mol. The molecule has 0 aliphatic heterocycles. The van der Waals surface area contributed by atoms with Crippen molar-refractivity contribution in [1.29, 1.82) is 0 Å². The summed E-state index contributed by atoms with van der Waals surface area (Å²) >= 11 is 0. The number of sulfonamides is 1. The number of rotatable bonds is 6. The van der Waals surface area contributed by atoms with E-state index >= 15 is 0 Å². The number of anilines is 1. The van der Waals surface area contributed by atoms with Crippen LogP contribution in [-0.2, 0) is 14.8 Å². The van der Waals surface area contributed by atoms with Crippen LogP contribution in [0.4, 0.5) is 5.69 Å². The summed E-state index contributed by atoms with van der Waals surface area (Å²) < 4.78 is 29.1. The maximum absolute atomic E-state index is 13.8. The van der Waals surface area contributed by atoms with Crippen LogP contribution in [-0.4, -0.2) is 38.3 Å². The molecule has 1 aliphatic carbocycles. The summed E-state index contributed by atoms with van der Waals surface area (Å²) in [6.07, 6.45) is 4.69. The Morgan fingerprint density at radius 1 is 0.967 bits per heavy atom. The summed E-state index contributed by atoms with van der Waals surface area (Å²) in [6.45, 7) is 5.49. The number of nitrogens with zero attached hydrogens (tertiary/aromatic N) is 2. The van der Waals surface area contributed by atoms with Gasteiger partial charge in [0.15, 0.2) is 0 Å². The Kier molecular flexibility index (Phi) is 6.98. The van der Waals surface area contributed by atoms with E-state index in [9.17, 15) is 13.2 Å². The van der Waals surface area contributed by atoms with E-state index in [4.69, 9.17) is 0 Å². The summed E-state index contributed by atoms with van der Waals surface area (Å²) in [6, 6.07) is 13.0. The molecule has 0 aromatic heterocycles. The number of hydrogen-bond acceptors (Lipinski definition) is 3. The molecule has 162 valence electrons. The van der Waals surface area contributed by atoms with Crippen LogP contribution in [0.5, 0.6) is 0 Å². The van der Waals surface area contributed by atoms with E-state index in [1.807, 2.05) is 63.2 Å². The largest absolute Gasteiger partial charge is 0.314 e.